The zero-order chi connectivity index (χ0) is 21.3. The van der Waals surface area contributed by atoms with E-state index >= 15 is 0 Å². The van der Waals surface area contributed by atoms with Crippen molar-refractivity contribution in [2.45, 2.75) is 24.8 Å². The predicted octanol–water partition coefficient (Wildman–Crippen LogP) is 2.74. The van der Waals surface area contributed by atoms with Gasteiger partial charge in [0.1, 0.15) is 5.75 Å². The Hall–Kier alpha value is -2.43. The van der Waals surface area contributed by atoms with Crippen molar-refractivity contribution in [2.24, 2.45) is 0 Å². The van der Waals surface area contributed by atoms with E-state index in [1.165, 1.54) is 13.1 Å². The molecule has 0 saturated carbocycles. The van der Waals surface area contributed by atoms with Gasteiger partial charge in [-0.3, -0.25) is 9.59 Å². The zero-order valence-corrected chi connectivity index (χ0v) is 18.4. The maximum absolute atomic E-state index is 13.0. The number of carbonyl (C=O) groups is 2. The van der Waals surface area contributed by atoms with Gasteiger partial charge in [-0.15, -0.1) is 0 Å². The molecule has 1 unspecified atom stereocenters. The third-order valence-electron chi connectivity index (χ3n) is 4.37. The van der Waals surface area contributed by atoms with Crippen LogP contribution in [0.4, 0.5) is 11.4 Å². The van der Waals surface area contributed by atoms with E-state index in [4.69, 9.17) is 4.74 Å². The van der Waals surface area contributed by atoms with E-state index in [-0.39, 0.29) is 23.1 Å². The highest BCUT2D eigenvalue weighted by Crippen LogP contribution is 2.35. The number of hydrogen-bond acceptors (Lipinski definition) is 5. The van der Waals surface area contributed by atoms with Crippen LogP contribution in [0.2, 0.25) is 0 Å². The van der Waals surface area contributed by atoms with Gasteiger partial charge in [0.15, 0.2) is 6.10 Å². The molecule has 2 aromatic carbocycles. The molecular weight excluding hydrogens is 462 g/mol. The first kappa shape index (κ1) is 21.3. The summed E-state index contributed by atoms with van der Waals surface area (Å²) in [5.41, 5.74) is 1.40. The number of fused-ring (bicyclic) bond motifs is 1. The molecule has 1 heterocycles. The Morgan fingerprint density at radius 3 is 2.72 bits per heavy atom. The van der Waals surface area contributed by atoms with Crippen LogP contribution < -0.4 is 15.4 Å². The second-order valence-corrected chi connectivity index (χ2v) is 9.61. The highest BCUT2D eigenvalue weighted by molar-refractivity contribution is 9.10. The van der Waals surface area contributed by atoms with Gasteiger partial charge in [0.25, 0.3) is 5.91 Å². The molecule has 0 aromatic heterocycles. The van der Waals surface area contributed by atoms with Crippen molar-refractivity contribution in [3.8, 4) is 5.75 Å². The Bertz CT molecular complexity index is 1090. The molecule has 10 heteroatoms. The van der Waals surface area contributed by atoms with Crippen LogP contribution in [0.25, 0.3) is 0 Å². The lowest BCUT2D eigenvalue weighted by atomic mass is 10.1. The van der Waals surface area contributed by atoms with E-state index in [0.29, 0.717) is 16.9 Å². The number of ether oxygens (including phenoxy) is 1. The average Bonchev–Trinajstić information content (AvgIpc) is 2.62. The van der Waals surface area contributed by atoms with Gasteiger partial charge in [0.2, 0.25) is 15.9 Å². The molecule has 8 nitrogen and oxygen atoms in total. The number of nitrogens with zero attached hydrogens (tertiary/aromatic N) is 1. The zero-order valence-electron chi connectivity index (χ0n) is 16.0. The molecule has 0 spiro atoms. The van der Waals surface area contributed by atoms with Gasteiger partial charge >= 0.3 is 0 Å². The Morgan fingerprint density at radius 2 is 2.03 bits per heavy atom. The summed E-state index contributed by atoms with van der Waals surface area (Å²) in [6.07, 6.45) is -0.727. The maximum atomic E-state index is 13.0. The summed E-state index contributed by atoms with van der Waals surface area (Å²) in [5, 5.41) is 5.35. The van der Waals surface area contributed by atoms with E-state index in [9.17, 15) is 18.0 Å². The van der Waals surface area contributed by atoms with E-state index in [0.717, 1.165) is 8.78 Å². The van der Waals surface area contributed by atoms with Crippen molar-refractivity contribution >= 4 is 49.1 Å². The van der Waals surface area contributed by atoms with Crippen LogP contribution in [-0.4, -0.2) is 44.2 Å². The number of hydrogen-bond donors (Lipinski definition) is 2. The second kappa shape index (κ2) is 8.13. The fourth-order valence-corrected chi connectivity index (χ4v) is 4.59. The maximum Gasteiger partial charge on any atom is 0.265 e. The summed E-state index contributed by atoms with van der Waals surface area (Å²) < 4.78 is 33.3. The number of carbonyl (C=O) groups excluding carboxylic acids is 2. The lowest BCUT2D eigenvalue weighted by Gasteiger charge is -2.25. The summed E-state index contributed by atoms with van der Waals surface area (Å²) >= 11 is 3.32. The van der Waals surface area contributed by atoms with Gasteiger partial charge in [-0.25, -0.2) is 8.42 Å². The van der Waals surface area contributed by atoms with Crippen LogP contribution >= 0.6 is 15.9 Å². The summed E-state index contributed by atoms with van der Waals surface area (Å²) in [7, 11) is -2.63. The minimum Gasteiger partial charge on any atom is -0.479 e. The fraction of sp³-hybridized carbons (Fsp3) is 0.263. The molecule has 3 rings (SSSR count). The second-order valence-electron chi connectivity index (χ2n) is 6.68. The Morgan fingerprint density at radius 1 is 1.31 bits per heavy atom. The molecule has 2 aromatic rings. The summed E-state index contributed by atoms with van der Waals surface area (Å²) in [5.74, 6) is -0.496. The molecule has 0 aliphatic carbocycles. The van der Waals surface area contributed by atoms with Crippen LogP contribution in [0.1, 0.15) is 12.5 Å². The third kappa shape index (κ3) is 4.60. The number of rotatable bonds is 5. The van der Waals surface area contributed by atoms with Crippen molar-refractivity contribution < 1.29 is 22.7 Å². The number of nitrogens with one attached hydrogen (secondary N) is 2. The molecule has 0 fully saturated rings. The lowest BCUT2D eigenvalue weighted by Crippen LogP contribution is -2.36. The van der Waals surface area contributed by atoms with E-state index in [1.807, 2.05) is 6.07 Å². The summed E-state index contributed by atoms with van der Waals surface area (Å²) in [6.45, 7) is 2.83. The highest BCUT2D eigenvalue weighted by Gasteiger charge is 2.30. The summed E-state index contributed by atoms with van der Waals surface area (Å²) in [6, 6.07) is 9.91. The number of halogens is 1. The van der Waals surface area contributed by atoms with Crippen molar-refractivity contribution in [3.05, 3.63) is 46.4 Å². The smallest absolute Gasteiger partial charge is 0.265 e. The minimum absolute atomic E-state index is 0.0114. The first-order valence-electron chi connectivity index (χ1n) is 8.72. The fourth-order valence-electron chi connectivity index (χ4n) is 2.84. The van der Waals surface area contributed by atoms with Crippen molar-refractivity contribution in [3.63, 3.8) is 0 Å². The van der Waals surface area contributed by atoms with E-state index in [1.54, 1.807) is 38.1 Å². The topological polar surface area (TPSA) is 105 Å². The molecule has 1 aliphatic heterocycles. The first-order valence-corrected chi connectivity index (χ1v) is 10.9. The number of benzene rings is 2. The Labute approximate surface area is 177 Å². The molecule has 29 heavy (non-hydrogen) atoms. The number of likely N-dealkylation sites (N-methyl/N-ethyl adjacent to an activating group) is 1. The first-order chi connectivity index (χ1) is 13.6. The normalized spacial score (nSPS) is 16.0. The van der Waals surface area contributed by atoms with Crippen molar-refractivity contribution in [1.29, 1.82) is 0 Å². The van der Waals surface area contributed by atoms with Crippen molar-refractivity contribution in [1.82, 2.24) is 4.31 Å². The average molecular weight is 482 g/mol. The molecule has 2 N–H and O–H groups in total. The van der Waals surface area contributed by atoms with Crippen LogP contribution in [-0.2, 0) is 19.6 Å². The predicted molar refractivity (Wildman–Crippen MR) is 112 cm³/mol. The van der Waals surface area contributed by atoms with Gasteiger partial charge in [0, 0.05) is 23.3 Å². The van der Waals surface area contributed by atoms with Crippen LogP contribution in [0.3, 0.4) is 0 Å². The quantitative estimate of drug-likeness (QED) is 0.682. The van der Waals surface area contributed by atoms with E-state index < -0.39 is 22.0 Å². The van der Waals surface area contributed by atoms with Gasteiger partial charge in [-0.1, -0.05) is 22.0 Å². The molecule has 1 aliphatic rings. The van der Waals surface area contributed by atoms with Gasteiger partial charge in [0.05, 0.1) is 17.1 Å². The molecule has 154 valence electrons. The molecule has 0 saturated heterocycles. The Balaban J connectivity index is 1.80. The monoisotopic (exact) mass is 481 g/mol. The van der Waals surface area contributed by atoms with E-state index in [2.05, 4.69) is 26.6 Å². The van der Waals surface area contributed by atoms with Crippen molar-refractivity contribution in [2.75, 3.05) is 24.2 Å². The number of amides is 2. The standard InChI is InChI=1S/C19H20BrN3O5S/c1-11-7-15-16(28-12(2)19(25)22-15)9-17(11)29(26,27)23(3)10-18(24)21-14-6-4-5-13(20)8-14/h4-9,12H,10H2,1-3H3,(H,21,24)(H,22,25). The number of sulfonamides is 1. The van der Waals surface area contributed by atoms with Crippen LogP contribution in [0, 0.1) is 6.92 Å². The lowest BCUT2D eigenvalue weighted by molar-refractivity contribution is -0.122. The molecule has 1 atom stereocenters. The largest absolute Gasteiger partial charge is 0.479 e. The molecule has 0 radical (unpaired) electrons. The molecule has 0 bridgehead atoms. The van der Waals surface area contributed by atoms with Crippen LogP contribution in [0.15, 0.2) is 45.8 Å². The SMILES string of the molecule is Cc1cc2c(cc1S(=O)(=O)N(C)CC(=O)Nc1cccc(Br)c1)OC(C)C(=O)N2. The van der Waals surface area contributed by atoms with Gasteiger partial charge in [-0.05, 0) is 43.7 Å². The minimum atomic E-state index is -3.96. The molecule has 2 amide bonds. The molecular formula is C19H20BrN3O5S. The number of aryl methyl sites for hydroxylation is 1. The van der Waals surface area contributed by atoms with Gasteiger partial charge in [-0.2, -0.15) is 4.31 Å². The highest BCUT2D eigenvalue weighted by atomic mass is 79.9. The summed E-state index contributed by atoms with van der Waals surface area (Å²) in [4.78, 5) is 24.1. The van der Waals surface area contributed by atoms with Gasteiger partial charge < -0.3 is 15.4 Å². The Kier molecular flexibility index (Phi) is 5.97. The third-order valence-corrected chi connectivity index (χ3v) is 6.81. The van der Waals surface area contributed by atoms with Crippen LogP contribution in [0.5, 0.6) is 5.75 Å². The number of anilines is 2.